The van der Waals surface area contributed by atoms with Crippen LogP contribution in [0.1, 0.15) is 12.0 Å². The molecule has 2 atom stereocenters. The number of nitrogens with one attached hydrogen (secondary N) is 1. The first-order valence-electron chi connectivity index (χ1n) is 5.95. The van der Waals surface area contributed by atoms with Gasteiger partial charge in [-0.1, -0.05) is 23.7 Å². The van der Waals surface area contributed by atoms with Crippen LogP contribution in [0.3, 0.4) is 0 Å². The first-order chi connectivity index (χ1) is 8.92. The highest BCUT2D eigenvalue weighted by molar-refractivity contribution is 7.89. The molecule has 1 saturated heterocycles. The Morgan fingerprint density at radius 1 is 1.47 bits per heavy atom. The van der Waals surface area contributed by atoms with E-state index >= 15 is 0 Å². The highest BCUT2D eigenvalue weighted by Crippen LogP contribution is 2.25. The molecule has 7 heteroatoms. The molecular weight excluding hydrogens is 290 g/mol. The predicted molar refractivity (Wildman–Crippen MR) is 71.7 cm³/mol. The largest absolute Gasteiger partial charge is 0.389 e. The smallest absolute Gasteiger partial charge is 0.242 e. The number of aliphatic hydroxyl groups excluding tert-OH is 1. The predicted octanol–water partition coefficient (Wildman–Crippen LogP) is 1.08. The van der Waals surface area contributed by atoms with Gasteiger partial charge in [0.1, 0.15) is 4.90 Å². The van der Waals surface area contributed by atoms with Gasteiger partial charge >= 0.3 is 0 Å². The van der Waals surface area contributed by atoms with Crippen LogP contribution in [-0.4, -0.2) is 38.9 Å². The van der Waals surface area contributed by atoms with Crippen LogP contribution in [0.2, 0.25) is 5.02 Å². The summed E-state index contributed by atoms with van der Waals surface area (Å²) < 4.78 is 32.2. The highest BCUT2D eigenvalue weighted by Gasteiger charge is 2.30. The molecule has 2 rings (SSSR count). The second-order valence-corrected chi connectivity index (χ2v) is 6.60. The number of aryl methyl sites for hydroxylation is 1. The fourth-order valence-corrected chi connectivity index (χ4v) is 4.21. The molecule has 0 amide bonds. The van der Waals surface area contributed by atoms with E-state index in [2.05, 4.69) is 4.72 Å². The molecule has 5 nitrogen and oxygen atoms in total. The van der Waals surface area contributed by atoms with E-state index in [1.807, 2.05) is 0 Å². The molecule has 0 unspecified atom stereocenters. The molecular formula is C12H16ClNO4S. The van der Waals surface area contributed by atoms with Crippen molar-refractivity contribution in [2.75, 3.05) is 13.2 Å². The Morgan fingerprint density at radius 3 is 2.84 bits per heavy atom. The quantitative estimate of drug-likeness (QED) is 0.876. The molecule has 0 bridgehead atoms. The Balaban J connectivity index is 2.27. The maximum absolute atomic E-state index is 12.3. The third kappa shape index (κ3) is 3.27. The zero-order valence-electron chi connectivity index (χ0n) is 10.5. The number of halogens is 1. The van der Waals surface area contributed by atoms with Crippen LogP contribution in [0.4, 0.5) is 0 Å². The fourth-order valence-electron chi connectivity index (χ4n) is 2.08. The van der Waals surface area contributed by atoms with E-state index in [9.17, 15) is 13.5 Å². The third-order valence-corrected chi connectivity index (χ3v) is 5.18. The molecule has 2 N–H and O–H groups in total. The van der Waals surface area contributed by atoms with E-state index in [4.69, 9.17) is 16.3 Å². The van der Waals surface area contributed by atoms with Crippen LogP contribution < -0.4 is 4.72 Å². The molecule has 0 aliphatic carbocycles. The summed E-state index contributed by atoms with van der Waals surface area (Å²) in [5, 5.41) is 9.91. The summed E-state index contributed by atoms with van der Waals surface area (Å²) in [4.78, 5) is 0.0651. The highest BCUT2D eigenvalue weighted by atomic mass is 35.5. The Morgan fingerprint density at radius 2 is 2.21 bits per heavy atom. The minimum atomic E-state index is -3.75. The summed E-state index contributed by atoms with van der Waals surface area (Å²) in [6, 6.07) is 4.36. The SMILES string of the molecule is Cc1cccc(Cl)c1S(=O)(=O)N[C@@H]1CCOC[C@H]1O. The summed E-state index contributed by atoms with van der Waals surface area (Å²) in [5.41, 5.74) is 0.571. The summed E-state index contributed by atoms with van der Waals surface area (Å²) >= 11 is 5.96. The van der Waals surface area contributed by atoms with Crippen molar-refractivity contribution in [3.8, 4) is 0 Å². The van der Waals surface area contributed by atoms with Crippen molar-refractivity contribution in [1.82, 2.24) is 4.72 Å². The molecule has 0 radical (unpaired) electrons. The van der Waals surface area contributed by atoms with Gasteiger partial charge in [-0.05, 0) is 25.0 Å². The van der Waals surface area contributed by atoms with Gasteiger partial charge in [-0.2, -0.15) is 0 Å². The van der Waals surface area contributed by atoms with Crippen molar-refractivity contribution in [3.63, 3.8) is 0 Å². The molecule has 0 aromatic heterocycles. The van der Waals surface area contributed by atoms with Gasteiger partial charge in [0, 0.05) is 6.61 Å². The minimum Gasteiger partial charge on any atom is -0.389 e. The van der Waals surface area contributed by atoms with E-state index in [0.29, 0.717) is 18.6 Å². The molecule has 1 aromatic rings. The van der Waals surface area contributed by atoms with Crippen molar-refractivity contribution in [2.45, 2.75) is 30.4 Å². The number of aliphatic hydroxyl groups is 1. The zero-order valence-corrected chi connectivity index (χ0v) is 12.0. The normalized spacial score (nSPS) is 24.4. The maximum atomic E-state index is 12.3. The third-order valence-electron chi connectivity index (χ3n) is 3.07. The summed E-state index contributed by atoms with van der Waals surface area (Å²) in [6.07, 6.45) is -0.407. The fraction of sp³-hybridized carbons (Fsp3) is 0.500. The van der Waals surface area contributed by atoms with E-state index in [1.54, 1.807) is 19.1 Å². The number of hydrogen-bond donors (Lipinski definition) is 2. The molecule has 1 aliphatic rings. The first-order valence-corrected chi connectivity index (χ1v) is 7.81. The monoisotopic (exact) mass is 305 g/mol. The lowest BCUT2D eigenvalue weighted by Gasteiger charge is -2.28. The average molecular weight is 306 g/mol. The van der Waals surface area contributed by atoms with E-state index in [1.165, 1.54) is 6.07 Å². The van der Waals surface area contributed by atoms with Crippen LogP contribution in [0, 0.1) is 6.92 Å². The molecule has 1 heterocycles. The second-order valence-electron chi connectivity index (χ2n) is 4.54. The molecule has 1 aliphatic heterocycles. The molecule has 106 valence electrons. The molecule has 0 saturated carbocycles. The molecule has 0 spiro atoms. The van der Waals surface area contributed by atoms with Crippen molar-refractivity contribution >= 4 is 21.6 Å². The van der Waals surface area contributed by atoms with Crippen LogP contribution in [-0.2, 0) is 14.8 Å². The van der Waals surface area contributed by atoms with Gasteiger partial charge in [0.05, 0.1) is 23.8 Å². The summed E-state index contributed by atoms with van der Waals surface area (Å²) in [5.74, 6) is 0. The van der Waals surface area contributed by atoms with Crippen molar-refractivity contribution in [1.29, 1.82) is 0 Å². The first kappa shape index (κ1) is 14.7. The number of hydrogen-bond acceptors (Lipinski definition) is 4. The zero-order chi connectivity index (χ0) is 14.0. The van der Waals surface area contributed by atoms with E-state index in [-0.39, 0.29) is 16.5 Å². The van der Waals surface area contributed by atoms with Gasteiger partial charge in [-0.3, -0.25) is 0 Å². The summed E-state index contributed by atoms with van der Waals surface area (Å²) in [6.45, 7) is 2.24. The van der Waals surface area contributed by atoms with Gasteiger partial charge < -0.3 is 9.84 Å². The molecule has 1 fully saturated rings. The molecule has 19 heavy (non-hydrogen) atoms. The molecule has 1 aromatic carbocycles. The van der Waals surface area contributed by atoms with Crippen LogP contribution in [0.15, 0.2) is 23.1 Å². The Kier molecular flexibility index (Phi) is 4.47. The Hall–Kier alpha value is -0.660. The Labute approximate surface area is 117 Å². The second kappa shape index (κ2) is 5.76. The van der Waals surface area contributed by atoms with Crippen LogP contribution >= 0.6 is 11.6 Å². The van der Waals surface area contributed by atoms with Crippen molar-refractivity contribution in [2.24, 2.45) is 0 Å². The maximum Gasteiger partial charge on any atom is 0.242 e. The van der Waals surface area contributed by atoms with Gasteiger partial charge in [0.2, 0.25) is 10.0 Å². The number of rotatable bonds is 3. The van der Waals surface area contributed by atoms with Gasteiger partial charge in [0.25, 0.3) is 0 Å². The van der Waals surface area contributed by atoms with Gasteiger partial charge in [-0.25, -0.2) is 13.1 Å². The van der Waals surface area contributed by atoms with Gasteiger partial charge in [-0.15, -0.1) is 0 Å². The van der Waals surface area contributed by atoms with Crippen molar-refractivity contribution < 1.29 is 18.3 Å². The van der Waals surface area contributed by atoms with E-state index in [0.717, 1.165) is 0 Å². The number of ether oxygens (including phenoxy) is 1. The standard InChI is InChI=1S/C12H16ClNO4S/c1-8-3-2-4-9(13)12(8)19(16,17)14-10-5-6-18-7-11(10)15/h2-4,10-11,14-15H,5-7H2,1H3/t10-,11-/m1/s1. The minimum absolute atomic E-state index is 0.0651. The number of benzene rings is 1. The lowest BCUT2D eigenvalue weighted by atomic mass is 10.1. The van der Waals surface area contributed by atoms with Crippen molar-refractivity contribution in [3.05, 3.63) is 28.8 Å². The van der Waals surface area contributed by atoms with Gasteiger partial charge in [0.15, 0.2) is 0 Å². The lowest BCUT2D eigenvalue weighted by Crippen LogP contribution is -2.48. The number of sulfonamides is 1. The Bertz CT molecular complexity index is 541. The van der Waals surface area contributed by atoms with E-state index < -0.39 is 22.2 Å². The summed E-state index contributed by atoms with van der Waals surface area (Å²) in [7, 11) is -3.75. The van der Waals surface area contributed by atoms with Crippen LogP contribution in [0.5, 0.6) is 0 Å². The lowest BCUT2D eigenvalue weighted by molar-refractivity contribution is -0.0222. The average Bonchev–Trinajstić information content (AvgIpc) is 2.31. The topological polar surface area (TPSA) is 75.6 Å². The van der Waals surface area contributed by atoms with Crippen LogP contribution in [0.25, 0.3) is 0 Å².